The summed E-state index contributed by atoms with van der Waals surface area (Å²) in [5, 5.41) is 10.4. The van der Waals surface area contributed by atoms with Gasteiger partial charge in [0.2, 0.25) is 11.7 Å². The van der Waals surface area contributed by atoms with E-state index in [1.807, 2.05) is 36.2 Å². The average Bonchev–Trinajstić information content (AvgIpc) is 2.98. The van der Waals surface area contributed by atoms with E-state index in [1.54, 1.807) is 6.07 Å². The van der Waals surface area contributed by atoms with Crippen LogP contribution in [0.25, 0.3) is 0 Å². The van der Waals surface area contributed by atoms with E-state index in [2.05, 4.69) is 30.9 Å². The van der Waals surface area contributed by atoms with Gasteiger partial charge in [-0.05, 0) is 36.2 Å². The minimum absolute atomic E-state index is 0.0638. The van der Waals surface area contributed by atoms with Gasteiger partial charge >= 0.3 is 0 Å². The number of aromatic hydroxyl groups is 1. The molecule has 168 valence electrons. The van der Waals surface area contributed by atoms with Crippen LogP contribution in [0.2, 0.25) is 0 Å². The summed E-state index contributed by atoms with van der Waals surface area (Å²) in [6.07, 6.45) is 1.23. The number of phenolic OH excluding ortho intramolecular Hbond substituents is 1. The minimum Gasteiger partial charge on any atom is -0.504 e. The van der Waals surface area contributed by atoms with Gasteiger partial charge < -0.3 is 24.4 Å². The Morgan fingerprint density at radius 3 is 2.55 bits per heavy atom. The van der Waals surface area contributed by atoms with Crippen molar-refractivity contribution < 1.29 is 19.4 Å². The third kappa shape index (κ3) is 6.89. The van der Waals surface area contributed by atoms with Crippen LogP contribution in [-0.2, 0) is 17.9 Å². The Kier molecular flexibility index (Phi) is 8.18. The van der Waals surface area contributed by atoms with Crippen molar-refractivity contribution in [3.05, 3.63) is 53.6 Å². The summed E-state index contributed by atoms with van der Waals surface area (Å²) in [6, 6.07) is 13.8. The van der Waals surface area contributed by atoms with E-state index in [-0.39, 0.29) is 11.7 Å². The van der Waals surface area contributed by atoms with Gasteiger partial charge in [-0.15, -0.1) is 0 Å². The first-order valence-corrected chi connectivity index (χ1v) is 11.0. The molecule has 6 heteroatoms. The first kappa shape index (κ1) is 22.9. The van der Waals surface area contributed by atoms with E-state index in [1.165, 1.54) is 5.56 Å². The Morgan fingerprint density at radius 1 is 1.06 bits per heavy atom. The molecular formula is C25H34N2O4. The number of amides is 1. The van der Waals surface area contributed by atoms with Gasteiger partial charge in [-0.1, -0.05) is 44.2 Å². The molecule has 0 bridgehead atoms. The highest BCUT2D eigenvalue weighted by molar-refractivity contribution is 5.76. The third-order valence-corrected chi connectivity index (χ3v) is 5.20. The number of hydrogen-bond acceptors (Lipinski definition) is 5. The maximum absolute atomic E-state index is 13.0. The molecule has 1 amide bonds. The van der Waals surface area contributed by atoms with Crippen molar-refractivity contribution in [3.63, 3.8) is 0 Å². The topological polar surface area (TPSA) is 62.2 Å². The van der Waals surface area contributed by atoms with E-state index in [0.29, 0.717) is 56.7 Å². The van der Waals surface area contributed by atoms with Crippen molar-refractivity contribution >= 4 is 5.91 Å². The number of fused-ring (bicyclic) bond motifs is 1. The van der Waals surface area contributed by atoms with Crippen LogP contribution in [0.5, 0.6) is 17.2 Å². The second-order valence-corrected chi connectivity index (χ2v) is 8.63. The molecule has 0 spiro atoms. The number of hydrogen-bond donors (Lipinski definition) is 1. The lowest BCUT2D eigenvalue weighted by molar-refractivity contribution is -0.132. The lowest BCUT2D eigenvalue weighted by Crippen LogP contribution is -2.35. The number of phenols is 1. The Balaban J connectivity index is 1.63. The molecule has 0 atom stereocenters. The number of carbonyl (C=O) groups is 1. The van der Waals surface area contributed by atoms with Crippen LogP contribution in [0, 0.1) is 5.92 Å². The van der Waals surface area contributed by atoms with Crippen LogP contribution in [0.1, 0.15) is 37.8 Å². The summed E-state index contributed by atoms with van der Waals surface area (Å²) in [5.74, 6) is 1.46. The summed E-state index contributed by atoms with van der Waals surface area (Å²) < 4.78 is 11.3. The quantitative estimate of drug-likeness (QED) is 0.655. The minimum atomic E-state index is 0.0638. The number of rotatable bonds is 9. The van der Waals surface area contributed by atoms with Crippen molar-refractivity contribution in [1.82, 2.24) is 9.80 Å². The molecule has 1 aliphatic rings. The molecule has 2 aromatic rings. The molecule has 0 radical (unpaired) electrons. The highest BCUT2D eigenvalue weighted by atomic mass is 16.5. The monoisotopic (exact) mass is 426 g/mol. The normalized spacial score (nSPS) is 13.3. The second kappa shape index (κ2) is 11.0. The number of benzene rings is 2. The molecular weight excluding hydrogens is 392 g/mol. The van der Waals surface area contributed by atoms with Gasteiger partial charge in [-0.3, -0.25) is 4.79 Å². The van der Waals surface area contributed by atoms with Gasteiger partial charge in [-0.2, -0.15) is 0 Å². The highest BCUT2D eigenvalue weighted by Gasteiger charge is 2.20. The van der Waals surface area contributed by atoms with Crippen molar-refractivity contribution in [3.8, 4) is 17.2 Å². The first-order valence-electron chi connectivity index (χ1n) is 11.0. The van der Waals surface area contributed by atoms with E-state index in [9.17, 15) is 9.90 Å². The van der Waals surface area contributed by atoms with E-state index >= 15 is 0 Å². The van der Waals surface area contributed by atoms with Gasteiger partial charge in [0.15, 0.2) is 11.5 Å². The molecule has 1 N–H and O–H groups in total. The zero-order chi connectivity index (χ0) is 22.2. The first-order chi connectivity index (χ1) is 14.9. The second-order valence-electron chi connectivity index (χ2n) is 8.63. The maximum atomic E-state index is 13.0. The highest BCUT2D eigenvalue weighted by Crippen LogP contribution is 2.39. The number of ether oxygens (including phenoxy) is 2. The van der Waals surface area contributed by atoms with Gasteiger partial charge in [0.1, 0.15) is 0 Å². The van der Waals surface area contributed by atoms with Crippen LogP contribution in [-0.4, -0.2) is 54.2 Å². The summed E-state index contributed by atoms with van der Waals surface area (Å²) >= 11 is 0. The molecule has 0 saturated carbocycles. The van der Waals surface area contributed by atoms with E-state index in [0.717, 1.165) is 18.5 Å². The third-order valence-electron chi connectivity index (χ3n) is 5.20. The molecule has 1 heterocycles. The Labute approximate surface area is 185 Å². The van der Waals surface area contributed by atoms with Gasteiger partial charge in [0.05, 0.1) is 13.2 Å². The SMILES string of the molecule is CC(C)CN(Cc1cc(O)c2c(c1)OCCCO2)C(=O)CCN(C)Cc1ccccc1. The molecule has 2 aromatic carbocycles. The summed E-state index contributed by atoms with van der Waals surface area (Å²) in [7, 11) is 2.04. The van der Waals surface area contributed by atoms with Crippen LogP contribution in [0.3, 0.4) is 0 Å². The molecule has 6 nitrogen and oxygen atoms in total. The summed E-state index contributed by atoms with van der Waals surface area (Å²) in [4.78, 5) is 17.1. The van der Waals surface area contributed by atoms with Crippen molar-refractivity contribution in [2.24, 2.45) is 5.92 Å². The molecule has 0 saturated heterocycles. The van der Waals surface area contributed by atoms with Crippen LogP contribution in [0.15, 0.2) is 42.5 Å². The zero-order valence-electron chi connectivity index (χ0n) is 18.8. The molecule has 1 aliphatic heterocycles. The zero-order valence-corrected chi connectivity index (χ0v) is 18.8. The van der Waals surface area contributed by atoms with Crippen molar-refractivity contribution in [1.29, 1.82) is 0 Å². The van der Waals surface area contributed by atoms with Crippen LogP contribution >= 0.6 is 0 Å². The molecule has 0 aromatic heterocycles. The van der Waals surface area contributed by atoms with Crippen molar-refractivity contribution in [2.75, 3.05) is 33.4 Å². The lowest BCUT2D eigenvalue weighted by atomic mass is 10.1. The Morgan fingerprint density at radius 2 is 1.81 bits per heavy atom. The Bertz CT molecular complexity index is 854. The smallest absolute Gasteiger partial charge is 0.224 e. The Hall–Kier alpha value is -2.73. The van der Waals surface area contributed by atoms with Gasteiger partial charge in [-0.25, -0.2) is 0 Å². The van der Waals surface area contributed by atoms with E-state index < -0.39 is 0 Å². The van der Waals surface area contributed by atoms with Gasteiger partial charge in [0, 0.05) is 39.0 Å². The van der Waals surface area contributed by atoms with Crippen LogP contribution < -0.4 is 9.47 Å². The average molecular weight is 427 g/mol. The van der Waals surface area contributed by atoms with Gasteiger partial charge in [0.25, 0.3) is 0 Å². The molecule has 0 fully saturated rings. The predicted molar refractivity (Wildman–Crippen MR) is 121 cm³/mol. The van der Waals surface area contributed by atoms with E-state index in [4.69, 9.17) is 9.47 Å². The number of nitrogens with zero attached hydrogens (tertiary/aromatic N) is 2. The largest absolute Gasteiger partial charge is 0.504 e. The molecule has 0 unspecified atom stereocenters. The molecule has 31 heavy (non-hydrogen) atoms. The molecule has 0 aliphatic carbocycles. The summed E-state index contributed by atoms with van der Waals surface area (Å²) in [5.41, 5.74) is 2.08. The lowest BCUT2D eigenvalue weighted by Gasteiger charge is -2.26. The predicted octanol–water partition coefficient (Wildman–Crippen LogP) is 4.06. The number of carbonyl (C=O) groups excluding carboxylic acids is 1. The maximum Gasteiger partial charge on any atom is 0.224 e. The standard InChI is InChI=1S/C25H34N2O4/c1-19(2)16-27(24(29)10-11-26(3)17-20-8-5-4-6-9-20)18-21-14-22(28)25-23(15-21)30-12-7-13-31-25/h4-6,8-9,14-15,19,28H,7,10-13,16-18H2,1-3H3. The van der Waals surface area contributed by atoms with Crippen LogP contribution in [0.4, 0.5) is 0 Å². The summed E-state index contributed by atoms with van der Waals surface area (Å²) in [6.45, 7) is 7.89. The fraction of sp³-hybridized carbons (Fsp3) is 0.480. The fourth-order valence-corrected chi connectivity index (χ4v) is 3.74. The molecule has 3 rings (SSSR count). The fourth-order valence-electron chi connectivity index (χ4n) is 3.74. The van der Waals surface area contributed by atoms with Crippen molar-refractivity contribution in [2.45, 2.75) is 39.8 Å².